The molecule has 0 atom stereocenters. The minimum atomic E-state index is -0.189. The Balaban J connectivity index is 1.52. The van der Waals surface area contributed by atoms with Crippen LogP contribution in [0, 0.1) is 0 Å². The monoisotopic (exact) mass is 385 g/mol. The van der Waals surface area contributed by atoms with Crippen LogP contribution in [0.5, 0.6) is 0 Å². The Morgan fingerprint density at radius 2 is 1.86 bits per heavy atom. The van der Waals surface area contributed by atoms with Gasteiger partial charge in [-0.15, -0.1) is 0 Å². The largest absolute Gasteiger partial charge is 0.301 e. The summed E-state index contributed by atoms with van der Waals surface area (Å²) in [5.41, 5.74) is 3.29. The van der Waals surface area contributed by atoms with Gasteiger partial charge >= 0.3 is 0 Å². The van der Waals surface area contributed by atoms with Crippen LogP contribution >= 0.6 is 11.8 Å². The molecule has 0 saturated carbocycles. The second-order valence-electron chi connectivity index (χ2n) is 6.28. The SMILES string of the molecule is O=c1[nH]c(SCc2cccc3cccnc23)nc2c1cnn2-c1ccccc1. The van der Waals surface area contributed by atoms with Crippen molar-refractivity contribution in [1.29, 1.82) is 0 Å². The minimum absolute atomic E-state index is 0.189. The molecule has 6 nitrogen and oxygen atoms in total. The highest BCUT2D eigenvalue weighted by Crippen LogP contribution is 2.25. The summed E-state index contributed by atoms with van der Waals surface area (Å²) < 4.78 is 1.69. The molecule has 0 saturated heterocycles. The molecule has 3 aromatic heterocycles. The summed E-state index contributed by atoms with van der Waals surface area (Å²) in [7, 11) is 0. The van der Waals surface area contributed by atoms with E-state index in [1.165, 1.54) is 11.8 Å². The first kappa shape index (κ1) is 16.7. The lowest BCUT2D eigenvalue weighted by Crippen LogP contribution is -2.09. The van der Waals surface area contributed by atoms with Crippen LogP contribution < -0.4 is 5.56 Å². The van der Waals surface area contributed by atoms with E-state index in [2.05, 4.69) is 20.1 Å². The van der Waals surface area contributed by atoms with E-state index in [4.69, 9.17) is 0 Å². The van der Waals surface area contributed by atoms with Crippen molar-refractivity contribution in [2.24, 2.45) is 0 Å². The normalized spacial score (nSPS) is 11.3. The molecule has 0 fully saturated rings. The molecule has 0 aliphatic rings. The number of thioether (sulfide) groups is 1. The van der Waals surface area contributed by atoms with Crippen LogP contribution in [0.4, 0.5) is 0 Å². The second-order valence-corrected chi connectivity index (χ2v) is 7.25. The number of aromatic amines is 1. The van der Waals surface area contributed by atoms with Crippen LogP contribution in [0.3, 0.4) is 0 Å². The third-order valence-corrected chi connectivity index (χ3v) is 5.42. The molecule has 0 amide bonds. The highest BCUT2D eigenvalue weighted by atomic mass is 32.2. The van der Waals surface area contributed by atoms with E-state index in [1.54, 1.807) is 17.1 Å². The first-order valence-corrected chi connectivity index (χ1v) is 9.77. The fraction of sp³-hybridized carbons (Fsp3) is 0.0476. The van der Waals surface area contributed by atoms with Gasteiger partial charge < -0.3 is 4.98 Å². The topological polar surface area (TPSA) is 76.5 Å². The maximum atomic E-state index is 12.5. The zero-order valence-corrected chi connectivity index (χ0v) is 15.6. The second kappa shape index (κ2) is 6.94. The third-order valence-electron chi connectivity index (χ3n) is 4.50. The van der Waals surface area contributed by atoms with E-state index in [0.717, 1.165) is 22.2 Å². The predicted molar refractivity (Wildman–Crippen MR) is 111 cm³/mol. The van der Waals surface area contributed by atoms with Crippen molar-refractivity contribution in [3.63, 3.8) is 0 Å². The van der Waals surface area contributed by atoms with E-state index in [9.17, 15) is 4.79 Å². The molecule has 0 bridgehead atoms. The van der Waals surface area contributed by atoms with Crippen molar-refractivity contribution < 1.29 is 0 Å². The standard InChI is InChI=1S/C21H15N5OS/c27-20-17-12-23-26(16-9-2-1-3-10-16)19(17)24-21(25-20)28-13-15-7-4-6-14-8-5-11-22-18(14)15/h1-12H,13H2,(H,24,25,27). The van der Waals surface area contributed by atoms with Crippen molar-refractivity contribution in [3.05, 3.63) is 89.0 Å². The Kier molecular flexibility index (Phi) is 4.14. The fourth-order valence-corrected chi connectivity index (χ4v) is 4.00. The first-order chi connectivity index (χ1) is 13.8. The molecule has 2 aromatic carbocycles. The summed E-state index contributed by atoms with van der Waals surface area (Å²) in [5.74, 6) is 0.655. The maximum Gasteiger partial charge on any atom is 0.262 e. The molecule has 0 radical (unpaired) electrons. The van der Waals surface area contributed by atoms with Gasteiger partial charge in [-0.1, -0.05) is 54.2 Å². The smallest absolute Gasteiger partial charge is 0.262 e. The van der Waals surface area contributed by atoms with E-state index < -0.39 is 0 Å². The number of H-pyrrole nitrogens is 1. The van der Waals surface area contributed by atoms with E-state index >= 15 is 0 Å². The number of nitrogens with zero attached hydrogens (tertiary/aromatic N) is 4. The predicted octanol–water partition coefficient (Wildman–Crippen LogP) is 3.95. The van der Waals surface area contributed by atoms with Crippen molar-refractivity contribution >= 4 is 33.7 Å². The molecular weight excluding hydrogens is 370 g/mol. The summed E-state index contributed by atoms with van der Waals surface area (Å²) in [6.45, 7) is 0. The van der Waals surface area contributed by atoms with Crippen LogP contribution in [0.15, 0.2) is 83.0 Å². The van der Waals surface area contributed by atoms with E-state index in [1.807, 2.05) is 60.7 Å². The summed E-state index contributed by atoms with van der Waals surface area (Å²) in [6.07, 6.45) is 3.35. The number of nitrogens with one attached hydrogen (secondary N) is 1. The quantitative estimate of drug-likeness (QED) is 0.374. The number of hydrogen-bond acceptors (Lipinski definition) is 5. The lowest BCUT2D eigenvalue weighted by molar-refractivity contribution is 0.873. The lowest BCUT2D eigenvalue weighted by atomic mass is 10.1. The van der Waals surface area contributed by atoms with Crippen molar-refractivity contribution in [3.8, 4) is 5.69 Å². The average molecular weight is 385 g/mol. The zero-order chi connectivity index (χ0) is 18.9. The number of benzene rings is 2. The average Bonchev–Trinajstić information content (AvgIpc) is 3.17. The number of aromatic nitrogens is 5. The van der Waals surface area contributed by atoms with E-state index in [-0.39, 0.29) is 5.56 Å². The van der Waals surface area contributed by atoms with Gasteiger partial charge in [-0.25, -0.2) is 9.67 Å². The van der Waals surface area contributed by atoms with E-state index in [0.29, 0.717) is 21.9 Å². The highest BCUT2D eigenvalue weighted by molar-refractivity contribution is 7.98. The van der Waals surface area contributed by atoms with Crippen LogP contribution in [-0.2, 0) is 5.75 Å². The molecule has 7 heteroatoms. The highest BCUT2D eigenvalue weighted by Gasteiger charge is 2.12. The Labute approximate surface area is 164 Å². The van der Waals surface area contributed by atoms with Gasteiger partial charge in [0.05, 0.1) is 17.4 Å². The molecule has 28 heavy (non-hydrogen) atoms. The van der Waals surface area contributed by atoms with Gasteiger partial charge in [0, 0.05) is 17.3 Å². The summed E-state index contributed by atoms with van der Waals surface area (Å²) in [6, 6.07) is 19.7. The summed E-state index contributed by atoms with van der Waals surface area (Å²) >= 11 is 1.48. The number of fused-ring (bicyclic) bond motifs is 2. The Hall–Kier alpha value is -3.45. The number of pyridine rings is 1. The Morgan fingerprint density at radius 3 is 2.75 bits per heavy atom. The minimum Gasteiger partial charge on any atom is -0.301 e. The molecule has 5 rings (SSSR count). The van der Waals surface area contributed by atoms with Gasteiger partial charge in [0.25, 0.3) is 5.56 Å². The Morgan fingerprint density at radius 1 is 1.00 bits per heavy atom. The maximum absolute atomic E-state index is 12.5. The van der Waals surface area contributed by atoms with Crippen LogP contribution in [-0.4, -0.2) is 24.7 Å². The molecule has 136 valence electrons. The van der Waals surface area contributed by atoms with Crippen molar-refractivity contribution in [2.45, 2.75) is 10.9 Å². The third kappa shape index (κ3) is 2.95. The lowest BCUT2D eigenvalue weighted by Gasteiger charge is -2.06. The van der Waals surface area contributed by atoms with Crippen molar-refractivity contribution in [2.75, 3.05) is 0 Å². The van der Waals surface area contributed by atoms with Gasteiger partial charge in [-0.3, -0.25) is 9.78 Å². The molecule has 1 N–H and O–H groups in total. The number of rotatable bonds is 4. The molecule has 0 spiro atoms. The fourth-order valence-electron chi connectivity index (χ4n) is 3.15. The van der Waals surface area contributed by atoms with Crippen LogP contribution in [0.2, 0.25) is 0 Å². The van der Waals surface area contributed by atoms with Gasteiger partial charge in [0.15, 0.2) is 10.8 Å². The number of para-hydroxylation sites is 2. The molecule has 0 unspecified atom stereocenters. The van der Waals surface area contributed by atoms with Crippen molar-refractivity contribution in [1.82, 2.24) is 24.7 Å². The summed E-state index contributed by atoms with van der Waals surface area (Å²) in [4.78, 5) is 24.5. The first-order valence-electron chi connectivity index (χ1n) is 8.78. The summed E-state index contributed by atoms with van der Waals surface area (Å²) in [5, 5.41) is 6.47. The Bertz CT molecular complexity index is 1340. The molecular formula is C21H15N5OS. The van der Waals surface area contributed by atoms with Crippen LogP contribution in [0.25, 0.3) is 27.6 Å². The van der Waals surface area contributed by atoms with Gasteiger partial charge in [-0.05, 0) is 23.8 Å². The zero-order valence-electron chi connectivity index (χ0n) is 14.7. The van der Waals surface area contributed by atoms with Gasteiger partial charge in [0.1, 0.15) is 5.39 Å². The van der Waals surface area contributed by atoms with Gasteiger partial charge in [0.2, 0.25) is 0 Å². The van der Waals surface area contributed by atoms with Gasteiger partial charge in [-0.2, -0.15) is 5.10 Å². The molecule has 5 aromatic rings. The number of hydrogen-bond donors (Lipinski definition) is 1. The molecule has 0 aliphatic carbocycles. The molecule has 3 heterocycles. The molecule has 0 aliphatic heterocycles. The van der Waals surface area contributed by atoms with Crippen LogP contribution in [0.1, 0.15) is 5.56 Å².